The van der Waals surface area contributed by atoms with Crippen LogP contribution in [0.15, 0.2) is 0 Å². The number of nitrogens with zero attached hydrogens (tertiary/aromatic N) is 1. The Bertz CT molecular complexity index is 228. The first-order valence-electron chi connectivity index (χ1n) is 7.21. The standard InChI is InChI=1S/C14H28N2O/c1-12(2)13-4-7-16(8-5-13)14(10-15)6-3-9-17-11-14/h12-13H,3-11,15H2,1-2H3. The molecule has 2 heterocycles. The Morgan fingerprint density at radius 2 is 2.06 bits per heavy atom. The topological polar surface area (TPSA) is 38.5 Å². The average Bonchev–Trinajstić information content (AvgIpc) is 2.39. The van der Waals surface area contributed by atoms with Crippen LogP contribution < -0.4 is 5.73 Å². The fourth-order valence-corrected chi connectivity index (χ4v) is 3.42. The molecular weight excluding hydrogens is 212 g/mol. The lowest BCUT2D eigenvalue weighted by Gasteiger charge is -2.48. The summed E-state index contributed by atoms with van der Waals surface area (Å²) in [6, 6.07) is 0. The maximum Gasteiger partial charge on any atom is 0.0662 e. The highest BCUT2D eigenvalue weighted by molar-refractivity contribution is 4.95. The first kappa shape index (κ1) is 13.3. The van der Waals surface area contributed by atoms with Gasteiger partial charge in [-0.1, -0.05) is 13.8 Å². The number of ether oxygens (including phenoxy) is 1. The molecule has 3 nitrogen and oxygen atoms in total. The van der Waals surface area contributed by atoms with E-state index in [9.17, 15) is 0 Å². The van der Waals surface area contributed by atoms with Gasteiger partial charge in [-0.15, -0.1) is 0 Å². The van der Waals surface area contributed by atoms with E-state index < -0.39 is 0 Å². The first-order chi connectivity index (χ1) is 8.18. The van der Waals surface area contributed by atoms with Crippen molar-refractivity contribution in [1.29, 1.82) is 0 Å². The van der Waals surface area contributed by atoms with E-state index in [0.29, 0.717) is 0 Å². The van der Waals surface area contributed by atoms with Crippen molar-refractivity contribution in [2.45, 2.75) is 45.1 Å². The lowest BCUT2D eigenvalue weighted by Crippen LogP contribution is -2.60. The Balaban J connectivity index is 1.93. The monoisotopic (exact) mass is 240 g/mol. The van der Waals surface area contributed by atoms with Gasteiger partial charge < -0.3 is 10.5 Å². The molecule has 0 spiro atoms. The van der Waals surface area contributed by atoms with Crippen LogP contribution in [0, 0.1) is 11.8 Å². The van der Waals surface area contributed by atoms with Crippen molar-refractivity contribution in [1.82, 2.24) is 4.90 Å². The molecule has 2 aliphatic heterocycles. The van der Waals surface area contributed by atoms with Gasteiger partial charge in [-0.05, 0) is 50.6 Å². The minimum Gasteiger partial charge on any atom is -0.379 e. The predicted molar refractivity (Wildman–Crippen MR) is 71.0 cm³/mol. The summed E-state index contributed by atoms with van der Waals surface area (Å²) in [5.74, 6) is 1.74. The minimum atomic E-state index is 0.153. The predicted octanol–water partition coefficient (Wildman–Crippen LogP) is 1.86. The van der Waals surface area contributed by atoms with Gasteiger partial charge in [-0.3, -0.25) is 4.90 Å². The zero-order valence-electron chi connectivity index (χ0n) is 11.5. The number of hydrogen-bond acceptors (Lipinski definition) is 3. The van der Waals surface area contributed by atoms with Crippen molar-refractivity contribution >= 4 is 0 Å². The number of likely N-dealkylation sites (tertiary alicyclic amines) is 1. The summed E-state index contributed by atoms with van der Waals surface area (Å²) < 4.78 is 5.68. The molecule has 2 rings (SSSR count). The van der Waals surface area contributed by atoms with Crippen molar-refractivity contribution in [3.8, 4) is 0 Å². The van der Waals surface area contributed by atoms with Gasteiger partial charge in [0.05, 0.1) is 12.1 Å². The molecule has 2 aliphatic rings. The zero-order chi connectivity index (χ0) is 12.3. The van der Waals surface area contributed by atoms with Gasteiger partial charge in [0, 0.05) is 13.2 Å². The molecule has 2 fully saturated rings. The molecule has 1 atom stereocenters. The van der Waals surface area contributed by atoms with E-state index in [0.717, 1.165) is 31.6 Å². The molecule has 0 aromatic heterocycles. The van der Waals surface area contributed by atoms with Crippen LogP contribution in [-0.4, -0.2) is 43.3 Å². The number of nitrogens with two attached hydrogens (primary N) is 1. The second-order valence-corrected chi connectivity index (χ2v) is 6.15. The van der Waals surface area contributed by atoms with E-state index in [4.69, 9.17) is 10.5 Å². The Labute approximate surface area is 106 Å². The summed E-state index contributed by atoms with van der Waals surface area (Å²) >= 11 is 0. The number of piperidine rings is 1. The minimum absolute atomic E-state index is 0.153. The maximum absolute atomic E-state index is 6.04. The Kier molecular flexibility index (Phi) is 4.45. The lowest BCUT2D eigenvalue weighted by atomic mass is 9.82. The van der Waals surface area contributed by atoms with Gasteiger partial charge >= 0.3 is 0 Å². The fraction of sp³-hybridized carbons (Fsp3) is 1.00. The van der Waals surface area contributed by atoms with Gasteiger partial charge in [0.15, 0.2) is 0 Å². The fourth-order valence-electron chi connectivity index (χ4n) is 3.42. The third kappa shape index (κ3) is 2.83. The molecule has 17 heavy (non-hydrogen) atoms. The summed E-state index contributed by atoms with van der Waals surface area (Å²) in [6.07, 6.45) is 5.05. The van der Waals surface area contributed by atoms with Crippen molar-refractivity contribution in [2.24, 2.45) is 17.6 Å². The lowest BCUT2D eigenvalue weighted by molar-refractivity contribution is -0.0589. The van der Waals surface area contributed by atoms with E-state index in [-0.39, 0.29) is 5.54 Å². The number of hydrogen-bond donors (Lipinski definition) is 1. The van der Waals surface area contributed by atoms with Crippen LogP contribution in [0.25, 0.3) is 0 Å². The molecular formula is C14H28N2O. The molecule has 1 unspecified atom stereocenters. The van der Waals surface area contributed by atoms with E-state index in [2.05, 4.69) is 18.7 Å². The Hall–Kier alpha value is -0.120. The van der Waals surface area contributed by atoms with Crippen molar-refractivity contribution < 1.29 is 4.74 Å². The molecule has 0 bridgehead atoms. The summed E-state index contributed by atoms with van der Waals surface area (Å²) in [7, 11) is 0. The summed E-state index contributed by atoms with van der Waals surface area (Å²) in [6.45, 7) is 9.64. The van der Waals surface area contributed by atoms with Crippen LogP contribution >= 0.6 is 0 Å². The maximum atomic E-state index is 6.04. The molecule has 0 aromatic rings. The smallest absolute Gasteiger partial charge is 0.0662 e. The van der Waals surface area contributed by atoms with E-state index in [1.54, 1.807) is 0 Å². The molecule has 2 N–H and O–H groups in total. The van der Waals surface area contributed by atoms with E-state index in [1.807, 2.05) is 0 Å². The average molecular weight is 240 g/mol. The third-order valence-corrected chi connectivity index (χ3v) is 4.83. The van der Waals surface area contributed by atoms with E-state index >= 15 is 0 Å². The van der Waals surface area contributed by atoms with Crippen LogP contribution in [-0.2, 0) is 4.74 Å². The van der Waals surface area contributed by atoms with E-state index in [1.165, 1.54) is 38.8 Å². The number of rotatable bonds is 3. The van der Waals surface area contributed by atoms with Crippen LogP contribution in [0.3, 0.4) is 0 Å². The van der Waals surface area contributed by atoms with Gasteiger partial charge in [-0.25, -0.2) is 0 Å². The largest absolute Gasteiger partial charge is 0.379 e. The second-order valence-electron chi connectivity index (χ2n) is 6.15. The molecule has 0 aromatic carbocycles. The van der Waals surface area contributed by atoms with Crippen molar-refractivity contribution in [3.63, 3.8) is 0 Å². The molecule has 0 saturated carbocycles. The summed E-state index contributed by atoms with van der Waals surface area (Å²) in [5, 5.41) is 0. The van der Waals surface area contributed by atoms with Gasteiger partial charge in [0.25, 0.3) is 0 Å². The highest BCUT2D eigenvalue weighted by Crippen LogP contribution is 2.32. The third-order valence-electron chi connectivity index (χ3n) is 4.83. The van der Waals surface area contributed by atoms with Crippen molar-refractivity contribution in [3.05, 3.63) is 0 Å². The van der Waals surface area contributed by atoms with Crippen molar-refractivity contribution in [2.75, 3.05) is 32.8 Å². The Morgan fingerprint density at radius 1 is 1.35 bits per heavy atom. The zero-order valence-corrected chi connectivity index (χ0v) is 11.5. The first-order valence-corrected chi connectivity index (χ1v) is 7.21. The Morgan fingerprint density at radius 3 is 2.53 bits per heavy atom. The molecule has 0 radical (unpaired) electrons. The molecule has 2 saturated heterocycles. The normalized spacial score (nSPS) is 33.2. The van der Waals surface area contributed by atoms with Crippen LogP contribution in [0.5, 0.6) is 0 Å². The van der Waals surface area contributed by atoms with Gasteiger partial charge in [0.2, 0.25) is 0 Å². The summed E-state index contributed by atoms with van der Waals surface area (Å²) in [4.78, 5) is 2.62. The van der Waals surface area contributed by atoms with Crippen LogP contribution in [0.4, 0.5) is 0 Å². The molecule has 0 amide bonds. The van der Waals surface area contributed by atoms with Gasteiger partial charge in [0.1, 0.15) is 0 Å². The highest BCUT2D eigenvalue weighted by Gasteiger charge is 2.39. The van der Waals surface area contributed by atoms with Crippen LogP contribution in [0.1, 0.15) is 39.5 Å². The van der Waals surface area contributed by atoms with Crippen LogP contribution in [0.2, 0.25) is 0 Å². The highest BCUT2D eigenvalue weighted by atomic mass is 16.5. The summed E-state index contributed by atoms with van der Waals surface area (Å²) in [5.41, 5.74) is 6.19. The quantitative estimate of drug-likeness (QED) is 0.818. The molecule has 3 heteroatoms. The SMILES string of the molecule is CC(C)C1CCN(C2(CN)CCCOC2)CC1. The second kappa shape index (κ2) is 5.68. The molecule has 0 aliphatic carbocycles. The molecule has 100 valence electrons. The van der Waals surface area contributed by atoms with Gasteiger partial charge in [-0.2, -0.15) is 0 Å².